The maximum atomic E-state index is 13.6. The Bertz CT molecular complexity index is 431. The molecule has 1 atom stereocenters. The Morgan fingerprint density at radius 2 is 2.33 bits per heavy atom. The van der Waals surface area contributed by atoms with Crippen molar-refractivity contribution >= 4 is 30.1 Å². The van der Waals surface area contributed by atoms with Gasteiger partial charge in [-0.25, -0.2) is 4.39 Å². The lowest BCUT2D eigenvalue weighted by molar-refractivity contribution is -0.121. The van der Waals surface area contributed by atoms with Crippen LogP contribution in [0.1, 0.15) is 24.4 Å². The van der Waals surface area contributed by atoms with Gasteiger partial charge in [-0.05, 0) is 18.1 Å². The van der Waals surface area contributed by atoms with E-state index in [-0.39, 0.29) is 30.2 Å². The Labute approximate surface area is 116 Å². The van der Waals surface area contributed by atoms with Gasteiger partial charge in [0.25, 0.3) is 0 Å². The van der Waals surface area contributed by atoms with E-state index in [9.17, 15) is 9.18 Å². The zero-order chi connectivity index (χ0) is 12.3. The quantitative estimate of drug-likeness (QED) is 0.898. The summed E-state index contributed by atoms with van der Waals surface area (Å²) in [5.41, 5.74) is 6.21. The first kappa shape index (κ1) is 15.3. The van der Waals surface area contributed by atoms with Crippen LogP contribution in [0.5, 0.6) is 0 Å². The van der Waals surface area contributed by atoms with Crippen molar-refractivity contribution in [1.82, 2.24) is 5.32 Å². The molecule has 0 aliphatic carbocycles. The Hall–Kier alpha value is -0.780. The highest BCUT2D eigenvalue weighted by molar-refractivity contribution is 7.99. The summed E-state index contributed by atoms with van der Waals surface area (Å²) >= 11 is 1.51. The summed E-state index contributed by atoms with van der Waals surface area (Å²) in [6.45, 7) is 0.337. The Morgan fingerprint density at radius 1 is 1.56 bits per heavy atom. The largest absolute Gasteiger partial charge is 0.349 e. The SMILES string of the molecule is Cl.NCCC(=O)NC1CCSc2c(F)cccc21. The summed E-state index contributed by atoms with van der Waals surface area (Å²) in [6.07, 6.45) is 1.14. The van der Waals surface area contributed by atoms with Gasteiger partial charge in [-0.3, -0.25) is 4.79 Å². The van der Waals surface area contributed by atoms with Crippen molar-refractivity contribution in [1.29, 1.82) is 0 Å². The molecule has 1 amide bonds. The molecule has 0 spiro atoms. The first-order valence-electron chi connectivity index (χ1n) is 5.63. The molecule has 0 fully saturated rings. The molecule has 1 aromatic rings. The van der Waals surface area contributed by atoms with Crippen molar-refractivity contribution in [2.45, 2.75) is 23.8 Å². The van der Waals surface area contributed by atoms with Crippen LogP contribution in [0.3, 0.4) is 0 Å². The number of nitrogens with one attached hydrogen (secondary N) is 1. The fraction of sp³-hybridized carbons (Fsp3) is 0.417. The smallest absolute Gasteiger partial charge is 0.221 e. The molecule has 0 saturated heterocycles. The van der Waals surface area contributed by atoms with Crippen LogP contribution in [-0.4, -0.2) is 18.2 Å². The van der Waals surface area contributed by atoms with Crippen LogP contribution in [0.25, 0.3) is 0 Å². The minimum absolute atomic E-state index is 0. The van der Waals surface area contributed by atoms with E-state index in [1.165, 1.54) is 17.8 Å². The van der Waals surface area contributed by atoms with E-state index in [1.807, 2.05) is 6.07 Å². The molecule has 0 bridgehead atoms. The number of nitrogens with two attached hydrogens (primary N) is 1. The molecule has 1 aliphatic heterocycles. The maximum Gasteiger partial charge on any atom is 0.221 e. The predicted molar refractivity (Wildman–Crippen MR) is 73.5 cm³/mol. The van der Waals surface area contributed by atoms with Gasteiger partial charge in [0.15, 0.2) is 0 Å². The topological polar surface area (TPSA) is 55.1 Å². The summed E-state index contributed by atoms with van der Waals surface area (Å²) in [6, 6.07) is 4.93. The third kappa shape index (κ3) is 3.37. The fourth-order valence-corrected chi connectivity index (χ4v) is 3.07. The van der Waals surface area contributed by atoms with Gasteiger partial charge in [0.2, 0.25) is 5.91 Å². The van der Waals surface area contributed by atoms with E-state index in [1.54, 1.807) is 6.07 Å². The lowest BCUT2D eigenvalue weighted by Gasteiger charge is -2.26. The molecule has 0 radical (unpaired) electrons. The summed E-state index contributed by atoms with van der Waals surface area (Å²) in [5.74, 6) is 0.548. The minimum Gasteiger partial charge on any atom is -0.349 e. The molecule has 0 aromatic heterocycles. The molecular formula is C12H16ClFN2OS. The van der Waals surface area contributed by atoms with Crippen LogP contribution < -0.4 is 11.1 Å². The number of carbonyl (C=O) groups excluding carboxylic acids is 1. The molecule has 1 aromatic carbocycles. The number of halogens is 2. The monoisotopic (exact) mass is 290 g/mol. The lowest BCUT2D eigenvalue weighted by atomic mass is 10.0. The van der Waals surface area contributed by atoms with Gasteiger partial charge in [-0.15, -0.1) is 24.2 Å². The average Bonchev–Trinajstić information content (AvgIpc) is 2.31. The average molecular weight is 291 g/mol. The van der Waals surface area contributed by atoms with Crippen LogP contribution in [0.2, 0.25) is 0 Å². The van der Waals surface area contributed by atoms with Crippen LogP contribution in [-0.2, 0) is 4.79 Å². The number of rotatable bonds is 3. The summed E-state index contributed by atoms with van der Waals surface area (Å²) in [7, 11) is 0. The highest BCUT2D eigenvalue weighted by Gasteiger charge is 2.23. The number of hydrogen-bond acceptors (Lipinski definition) is 3. The maximum absolute atomic E-state index is 13.6. The summed E-state index contributed by atoms with van der Waals surface area (Å²) in [5, 5.41) is 2.90. The van der Waals surface area contributed by atoms with E-state index < -0.39 is 0 Å². The van der Waals surface area contributed by atoms with Crippen LogP contribution >= 0.6 is 24.2 Å². The zero-order valence-corrected chi connectivity index (χ0v) is 11.5. The minimum atomic E-state index is -0.203. The van der Waals surface area contributed by atoms with Crippen molar-refractivity contribution in [3.63, 3.8) is 0 Å². The van der Waals surface area contributed by atoms with E-state index in [4.69, 9.17) is 5.73 Å². The van der Waals surface area contributed by atoms with E-state index in [2.05, 4.69) is 5.32 Å². The van der Waals surface area contributed by atoms with Gasteiger partial charge < -0.3 is 11.1 Å². The molecule has 1 unspecified atom stereocenters. The zero-order valence-electron chi connectivity index (χ0n) is 9.82. The Balaban J connectivity index is 0.00000162. The molecule has 2 rings (SSSR count). The Kier molecular flexibility index (Phi) is 5.91. The molecule has 3 nitrogen and oxygen atoms in total. The second-order valence-corrected chi connectivity index (χ2v) is 5.06. The second kappa shape index (κ2) is 6.97. The summed E-state index contributed by atoms with van der Waals surface area (Å²) < 4.78 is 13.6. The van der Waals surface area contributed by atoms with E-state index in [0.29, 0.717) is 17.9 Å². The normalized spacial score (nSPS) is 17.6. The number of amides is 1. The standard InChI is InChI=1S/C12H15FN2OS.ClH/c13-9-3-1-2-8-10(5-7-17-12(8)9)15-11(16)4-6-14;/h1-3,10H,4-7,14H2,(H,15,16);1H. The van der Waals surface area contributed by atoms with Crippen molar-refractivity contribution in [3.8, 4) is 0 Å². The number of hydrogen-bond donors (Lipinski definition) is 2. The fourth-order valence-electron chi connectivity index (χ4n) is 1.93. The van der Waals surface area contributed by atoms with Gasteiger partial charge in [0, 0.05) is 23.6 Å². The van der Waals surface area contributed by atoms with Crippen molar-refractivity contribution in [3.05, 3.63) is 29.6 Å². The molecule has 3 N–H and O–H groups in total. The number of benzene rings is 1. The summed E-state index contributed by atoms with van der Waals surface area (Å²) in [4.78, 5) is 12.2. The van der Waals surface area contributed by atoms with Gasteiger partial charge >= 0.3 is 0 Å². The van der Waals surface area contributed by atoms with Crippen molar-refractivity contribution < 1.29 is 9.18 Å². The first-order valence-corrected chi connectivity index (χ1v) is 6.61. The van der Waals surface area contributed by atoms with Gasteiger partial charge in [-0.2, -0.15) is 0 Å². The second-order valence-electron chi connectivity index (χ2n) is 3.95. The third-order valence-electron chi connectivity index (χ3n) is 2.73. The van der Waals surface area contributed by atoms with Crippen molar-refractivity contribution in [2.24, 2.45) is 5.73 Å². The molecule has 6 heteroatoms. The number of carbonyl (C=O) groups is 1. The van der Waals surface area contributed by atoms with Crippen molar-refractivity contribution in [2.75, 3.05) is 12.3 Å². The van der Waals surface area contributed by atoms with Gasteiger partial charge in [0.05, 0.1) is 6.04 Å². The lowest BCUT2D eigenvalue weighted by Crippen LogP contribution is -2.32. The van der Waals surface area contributed by atoms with Gasteiger partial charge in [0.1, 0.15) is 5.82 Å². The van der Waals surface area contributed by atoms with E-state index in [0.717, 1.165) is 17.7 Å². The Morgan fingerprint density at radius 3 is 3.06 bits per heavy atom. The van der Waals surface area contributed by atoms with Crippen LogP contribution in [0.4, 0.5) is 4.39 Å². The van der Waals surface area contributed by atoms with E-state index >= 15 is 0 Å². The molecule has 0 saturated carbocycles. The molecular weight excluding hydrogens is 275 g/mol. The highest BCUT2D eigenvalue weighted by Crippen LogP contribution is 2.37. The first-order chi connectivity index (χ1) is 8.22. The van der Waals surface area contributed by atoms with Crippen LogP contribution in [0, 0.1) is 5.82 Å². The third-order valence-corrected chi connectivity index (χ3v) is 3.89. The molecule has 18 heavy (non-hydrogen) atoms. The number of fused-ring (bicyclic) bond motifs is 1. The van der Waals surface area contributed by atoms with Crippen LogP contribution in [0.15, 0.2) is 23.1 Å². The molecule has 1 heterocycles. The molecule has 1 aliphatic rings. The predicted octanol–water partition coefficient (Wildman–Crippen LogP) is 2.25. The number of thioether (sulfide) groups is 1. The van der Waals surface area contributed by atoms with Gasteiger partial charge in [-0.1, -0.05) is 12.1 Å². The molecule has 100 valence electrons. The highest BCUT2D eigenvalue weighted by atomic mass is 35.5.